The third kappa shape index (κ3) is 4.68. The van der Waals surface area contributed by atoms with Gasteiger partial charge in [0.2, 0.25) is 5.91 Å². The van der Waals surface area contributed by atoms with Crippen molar-refractivity contribution in [3.05, 3.63) is 59.7 Å². The first-order valence-corrected chi connectivity index (χ1v) is 13.9. The number of para-hydroxylation sites is 1. The summed E-state index contributed by atoms with van der Waals surface area (Å²) in [6.45, 7) is 5.32. The lowest BCUT2D eigenvalue weighted by Gasteiger charge is -2.43. The van der Waals surface area contributed by atoms with Crippen molar-refractivity contribution in [3.63, 3.8) is 0 Å². The van der Waals surface area contributed by atoms with E-state index in [2.05, 4.69) is 35.8 Å². The van der Waals surface area contributed by atoms with E-state index in [1.165, 1.54) is 24.8 Å². The third-order valence-corrected chi connectivity index (χ3v) is 9.62. The monoisotopic (exact) mass is 504 g/mol. The fourth-order valence-electron chi connectivity index (χ4n) is 6.80. The fourth-order valence-corrected chi connectivity index (χ4v) is 6.80. The summed E-state index contributed by atoms with van der Waals surface area (Å²) in [5, 5.41) is 6.95. The Labute approximate surface area is 220 Å². The van der Waals surface area contributed by atoms with Gasteiger partial charge in [0.25, 0.3) is 0 Å². The topological polar surface area (TPSA) is 68.8 Å². The summed E-state index contributed by atoms with van der Waals surface area (Å²) in [6.07, 6.45) is 7.30. The Hall–Kier alpha value is -2.41. The summed E-state index contributed by atoms with van der Waals surface area (Å²) in [6, 6.07) is 16.5. The van der Waals surface area contributed by atoms with E-state index in [1.807, 2.05) is 30.3 Å². The second kappa shape index (κ2) is 9.72. The third-order valence-electron chi connectivity index (χ3n) is 9.62. The molecule has 3 unspecified atom stereocenters. The molecule has 4 aliphatic rings. The minimum atomic E-state index is -0.284. The van der Waals surface area contributed by atoms with Gasteiger partial charge in [-0.1, -0.05) is 43.7 Å². The Kier molecular flexibility index (Phi) is 6.54. The number of methoxy groups -OCH3 is 1. The molecule has 0 radical (unpaired) electrons. The van der Waals surface area contributed by atoms with Crippen molar-refractivity contribution >= 4 is 11.6 Å². The predicted octanol–water partition coefficient (Wildman–Crippen LogP) is 5.38. The maximum absolute atomic E-state index is 13.3. The first-order valence-electron chi connectivity index (χ1n) is 13.9. The number of anilines is 1. The summed E-state index contributed by atoms with van der Waals surface area (Å²) in [7, 11) is 1.78. The highest BCUT2D eigenvalue weighted by molar-refractivity contribution is 5.91. The Morgan fingerprint density at radius 3 is 2.62 bits per heavy atom. The van der Waals surface area contributed by atoms with Gasteiger partial charge in [0.15, 0.2) is 0 Å². The fraction of sp³-hybridized carbons (Fsp3) is 0.581. The summed E-state index contributed by atoms with van der Waals surface area (Å²) in [5.74, 6) is 1.18. The lowest BCUT2D eigenvalue weighted by atomic mass is 9.70. The molecule has 3 fully saturated rings. The molecule has 1 saturated heterocycles. The van der Waals surface area contributed by atoms with Crippen molar-refractivity contribution in [2.45, 2.75) is 69.4 Å². The molecular weight excluding hydrogens is 464 g/mol. The van der Waals surface area contributed by atoms with Gasteiger partial charge in [-0.25, -0.2) is 0 Å². The van der Waals surface area contributed by atoms with E-state index in [0.29, 0.717) is 31.7 Å². The molecule has 2 aliphatic heterocycles. The van der Waals surface area contributed by atoms with Crippen LogP contribution in [0.2, 0.25) is 0 Å². The Morgan fingerprint density at radius 2 is 1.92 bits per heavy atom. The molecule has 6 heteroatoms. The van der Waals surface area contributed by atoms with Crippen LogP contribution in [-0.4, -0.2) is 45.6 Å². The molecule has 3 atom stereocenters. The van der Waals surface area contributed by atoms with E-state index >= 15 is 0 Å². The van der Waals surface area contributed by atoms with E-state index in [9.17, 15) is 4.79 Å². The molecule has 1 amide bonds. The molecule has 2 heterocycles. The number of rotatable bonds is 9. The Balaban J connectivity index is 1.18. The minimum absolute atomic E-state index is 0.0566. The van der Waals surface area contributed by atoms with E-state index in [-0.39, 0.29) is 28.9 Å². The van der Waals surface area contributed by atoms with Gasteiger partial charge in [-0.05, 0) is 66.8 Å². The maximum atomic E-state index is 13.3. The van der Waals surface area contributed by atoms with Crippen LogP contribution in [0.4, 0.5) is 5.69 Å². The normalized spacial score (nSPS) is 27.6. The molecule has 198 valence electrons. The standard InChI is InChI=1S/C31H40N2O4/c1-29(11-6-12-29)19-32-28(35-2)31(15-16-36-21-31)22-7-5-8-23(17-22)33-27(34)18-25-24-9-3-4-10-26(24)37-20-30(25)13-14-30/h3-5,7-10,17,25,28,32H,6,11-16,18-21H2,1-2H3,(H,33,34). The van der Waals surface area contributed by atoms with Crippen LogP contribution in [0.25, 0.3) is 0 Å². The van der Waals surface area contributed by atoms with Crippen molar-refractivity contribution in [1.82, 2.24) is 5.32 Å². The summed E-state index contributed by atoms with van der Waals surface area (Å²) >= 11 is 0. The molecule has 37 heavy (non-hydrogen) atoms. The van der Waals surface area contributed by atoms with Crippen LogP contribution < -0.4 is 15.4 Å². The lowest BCUT2D eigenvalue weighted by molar-refractivity contribution is -0.117. The maximum Gasteiger partial charge on any atom is 0.225 e. The van der Waals surface area contributed by atoms with Gasteiger partial charge in [0.05, 0.1) is 18.6 Å². The van der Waals surface area contributed by atoms with E-state index in [0.717, 1.165) is 42.8 Å². The zero-order valence-corrected chi connectivity index (χ0v) is 22.2. The number of benzene rings is 2. The number of ether oxygens (including phenoxy) is 3. The van der Waals surface area contributed by atoms with Crippen LogP contribution in [0.15, 0.2) is 48.5 Å². The van der Waals surface area contributed by atoms with Gasteiger partial charge < -0.3 is 19.5 Å². The number of amides is 1. The molecule has 2 aromatic carbocycles. The molecule has 2 aliphatic carbocycles. The van der Waals surface area contributed by atoms with E-state index < -0.39 is 0 Å². The van der Waals surface area contributed by atoms with Gasteiger partial charge in [0.1, 0.15) is 12.0 Å². The summed E-state index contributed by atoms with van der Waals surface area (Å²) in [5.41, 5.74) is 3.34. The highest BCUT2D eigenvalue weighted by Crippen LogP contribution is 2.61. The van der Waals surface area contributed by atoms with Gasteiger partial charge >= 0.3 is 0 Å². The number of hydrogen-bond acceptors (Lipinski definition) is 5. The van der Waals surface area contributed by atoms with Gasteiger partial charge in [-0.2, -0.15) is 0 Å². The van der Waals surface area contributed by atoms with Crippen LogP contribution in [0, 0.1) is 10.8 Å². The largest absolute Gasteiger partial charge is 0.493 e. The quantitative estimate of drug-likeness (QED) is 0.449. The molecule has 6 rings (SSSR count). The highest BCUT2D eigenvalue weighted by atomic mass is 16.5. The SMILES string of the molecule is COC(NCC1(C)CCC1)C1(c2cccc(NC(=O)CC3c4ccccc4OCC34CC4)c2)CCOC1. The van der Waals surface area contributed by atoms with Gasteiger partial charge in [0, 0.05) is 43.7 Å². The summed E-state index contributed by atoms with van der Waals surface area (Å²) < 4.78 is 18.0. The molecule has 2 saturated carbocycles. The van der Waals surface area contributed by atoms with Crippen LogP contribution >= 0.6 is 0 Å². The van der Waals surface area contributed by atoms with Crippen LogP contribution in [0.1, 0.15) is 68.9 Å². The molecule has 2 aromatic rings. The van der Waals surface area contributed by atoms with Crippen molar-refractivity contribution in [2.75, 3.05) is 38.8 Å². The minimum Gasteiger partial charge on any atom is -0.493 e. The molecular formula is C31H40N2O4. The number of carbonyl (C=O) groups is 1. The average molecular weight is 505 g/mol. The van der Waals surface area contributed by atoms with Crippen molar-refractivity contribution in [1.29, 1.82) is 0 Å². The molecule has 2 N–H and O–H groups in total. The van der Waals surface area contributed by atoms with Gasteiger partial charge in [-0.15, -0.1) is 0 Å². The summed E-state index contributed by atoms with van der Waals surface area (Å²) in [4.78, 5) is 13.3. The average Bonchev–Trinajstić information content (AvgIpc) is 3.49. The number of hydrogen-bond donors (Lipinski definition) is 2. The van der Waals surface area contributed by atoms with Crippen molar-refractivity contribution < 1.29 is 19.0 Å². The number of nitrogens with one attached hydrogen (secondary N) is 2. The zero-order chi connectivity index (χ0) is 25.5. The number of fused-ring (bicyclic) bond motifs is 1. The predicted molar refractivity (Wildman–Crippen MR) is 144 cm³/mol. The Morgan fingerprint density at radius 1 is 1.08 bits per heavy atom. The smallest absolute Gasteiger partial charge is 0.225 e. The number of carbonyl (C=O) groups excluding carboxylic acids is 1. The van der Waals surface area contributed by atoms with Crippen LogP contribution in [0.5, 0.6) is 5.75 Å². The van der Waals surface area contributed by atoms with E-state index in [1.54, 1.807) is 7.11 Å². The van der Waals surface area contributed by atoms with Crippen molar-refractivity contribution in [2.24, 2.45) is 10.8 Å². The zero-order valence-electron chi connectivity index (χ0n) is 22.2. The molecule has 0 bridgehead atoms. The Bertz CT molecular complexity index is 1130. The molecule has 1 spiro atoms. The van der Waals surface area contributed by atoms with Gasteiger partial charge in [-0.3, -0.25) is 10.1 Å². The second-order valence-corrected chi connectivity index (χ2v) is 12.2. The molecule has 6 nitrogen and oxygen atoms in total. The van der Waals surface area contributed by atoms with E-state index in [4.69, 9.17) is 14.2 Å². The second-order valence-electron chi connectivity index (χ2n) is 12.2. The van der Waals surface area contributed by atoms with Crippen LogP contribution in [-0.2, 0) is 19.7 Å². The van der Waals surface area contributed by atoms with Crippen LogP contribution in [0.3, 0.4) is 0 Å². The lowest BCUT2D eigenvalue weighted by Crippen LogP contribution is -2.53. The first-order chi connectivity index (χ1) is 18.0. The van der Waals surface area contributed by atoms with Crippen molar-refractivity contribution in [3.8, 4) is 5.75 Å². The first kappa shape index (κ1) is 24.9. The highest BCUT2D eigenvalue weighted by Gasteiger charge is 2.54. The molecule has 0 aromatic heterocycles.